The number of hydrogen-bond acceptors (Lipinski definition) is 6. The number of rotatable bonds is 5. The number of amides is 1. The fraction of sp³-hybridized carbons (Fsp3) is 0.381. The van der Waals surface area contributed by atoms with Gasteiger partial charge in [0.05, 0.1) is 23.2 Å². The van der Waals surface area contributed by atoms with Crippen molar-refractivity contribution < 1.29 is 18.1 Å². The van der Waals surface area contributed by atoms with Crippen LogP contribution in [-0.4, -0.2) is 45.0 Å². The summed E-state index contributed by atoms with van der Waals surface area (Å²) in [6.07, 6.45) is 2.72. The molecule has 1 saturated heterocycles. The second-order valence-electron chi connectivity index (χ2n) is 7.86. The van der Waals surface area contributed by atoms with E-state index in [-0.39, 0.29) is 23.3 Å². The molecule has 1 aromatic carbocycles. The molecule has 1 saturated carbocycles. The van der Waals surface area contributed by atoms with Crippen LogP contribution in [0.2, 0.25) is 0 Å². The second kappa shape index (κ2) is 7.26. The van der Waals surface area contributed by atoms with E-state index in [0.29, 0.717) is 41.2 Å². The minimum atomic E-state index is -3.58. The summed E-state index contributed by atoms with van der Waals surface area (Å²) in [7, 11) is -1.99. The van der Waals surface area contributed by atoms with Gasteiger partial charge in [-0.1, -0.05) is 27.6 Å². The van der Waals surface area contributed by atoms with Crippen molar-refractivity contribution in [3.8, 4) is 0 Å². The SMILES string of the molecule is CNC(=O)c1cc(C2CC2)nc2onc(C3CCN([S+](=O)([O-])c4ccccc4)C3)c12. The number of sulfonamides is 1. The van der Waals surface area contributed by atoms with Crippen LogP contribution in [0.15, 0.2) is 45.8 Å². The summed E-state index contributed by atoms with van der Waals surface area (Å²) in [6.45, 7) is 0.676. The lowest BCUT2D eigenvalue weighted by Gasteiger charge is -2.23. The van der Waals surface area contributed by atoms with Gasteiger partial charge in [-0.2, -0.15) is 0 Å². The Morgan fingerprint density at radius 1 is 1.23 bits per heavy atom. The Kier molecular flexibility index (Phi) is 4.68. The summed E-state index contributed by atoms with van der Waals surface area (Å²) in [5, 5.41) is 7.49. The molecule has 2 aromatic heterocycles. The molecule has 3 aromatic rings. The van der Waals surface area contributed by atoms with Gasteiger partial charge in [0.25, 0.3) is 11.6 Å². The van der Waals surface area contributed by atoms with Gasteiger partial charge in [-0.25, -0.2) is 4.98 Å². The highest BCUT2D eigenvalue weighted by molar-refractivity contribution is 7.95. The first-order valence-electron chi connectivity index (χ1n) is 10.1. The fourth-order valence-electron chi connectivity index (χ4n) is 4.08. The first kappa shape index (κ1) is 19.3. The van der Waals surface area contributed by atoms with E-state index in [0.717, 1.165) is 18.5 Å². The number of fused-ring (bicyclic) bond motifs is 1. The highest BCUT2D eigenvalue weighted by Crippen LogP contribution is 2.42. The van der Waals surface area contributed by atoms with Crippen molar-refractivity contribution in [2.45, 2.75) is 36.0 Å². The lowest BCUT2D eigenvalue weighted by molar-refractivity contribution is 0.0964. The topological polar surface area (TPSA) is 111 Å². The largest absolute Gasteiger partial charge is 0.593 e. The van der Waals surface area contributed by atoms with Crippen molar-refractivity contribution in [3.63, 3.8) is 0 Å². The van der Waals surface area contributed by atoms with E-state index in [9.17, 15) is 13.6 Å². The van der Waals surface area contributed by atoms with E-state index in [1.165, 1.54) is 4.31 Å². The number of benzene rings is 1. The third-order valence-corrected chi connectivity index (χ3v) is 7.76. The molecular weight excluding hydrogens is 404 g/mol. The van der Waals surface area contributed by atoms with Gasteiger partial charge in [0.1, 0.15) is 0 Å². The van der Waals surface area contributed by atoms with Crippen molar-refractivity contribution in [2.24, 2.45) is 0 Å². The molecule has 0 bridgehead atoms. The van der Waals surface area contributed by atoms with E-state index in [1.807, 2.05) is 6.07 Å². The monoisotopic (exact) mass is 426 g/mol. The Balaban J connectivity index is 1.50. The summed E-state index contributed by atoms with van der Waals surface area (Å²) >= 11 is 0. The fourth-order valence-corrected chi connectivity index (χ4v) is 5.61. The van der Waals surface area contributed by atoms with Crippen LogP contribution in [0.4, 0.5) is 0 Å². The van der Waals surface area contributed by atoms with Crippen LogP contribution >= 0.6 is 0 Å². The van der Waals surface area contributed by atoms with Gasteiger partial charge in [0.2, 0.25) is 0 Å². The molecular formula is C21H22N4O4S. The molecule has 0 spiro atoms. The standard InChI is InChI=1S/C21H22N4O4S/c1-22-20(26)16-11-17(13-7-8-13)23-21-18(16)19(24-29-21)14-9-10-25(12-14)30(27,28)15-5-3-2-4-6-15/h2-6,11,13-14H,7-10,12H2,1H3,(H-,22,26,27,28). The number of carbonyl (C=O) groups is 1. The van der Waals surface area contributed by atoms with Crippen molar-refractivity contribution in [2.75, 3.05) is 20.1 Å². The Morgan fingerprint density at radius 3 is 2.70 bits per heavy atom. The zero-order chi connectivity index (χ0) is 20.9. The first-order chi connectivity index (χ1) is 14.5. The number of pyridine rings is 1. The maximum atomic E-state index is 13.0. The number of nitrogens with zero attached hydrogens (tertiary/aromatic N) is 3. The molecule has 1 aliphatic heterocycles. The van der Waals surface area contributed by atoms with E-state index in [4.69, 9.17) is 4.52 Å². The molecule has 3 heterocycles. The van der Waals surface area contributed by atoms with Crippen molar-refractivity contribution in [1.29, 1.82) is 0 Å². The molecule has 5 rings (SSSR count). The zero-order valence-electron chi connectivity index (χ0n) is 16.5. The summed E-state index contributed by atoms with van der Waals surface area (Å²) in [6, 6.07) is 10.2. The molecule has 2 fully saturated rings. The molecule has 1 amide bonds. The van der Waals surface area contributed by atoms with E-state index in [2.05, 4.69) is 15.5 Å². The van der Waals surface area contributed by atoms with Gasteiger partial charge < -0.3 is 14.4 Å². The quantitative estimate of drug-likeness (QED) is 0.628. The number of aromatic nitrogens is 2. The minimum absolute atomic E-state index is 0.165. The van der Waals surface area contributed by atoms with Crippen LogP contribution in [-0.2, 0) is 14.6 Å². The highest BCUT2D eigenvalue weighted by atomic mass is 32.3. The molecule has 2 atom stereocenters. The molecule has 156 valence electrons. The molecule has 30 heavy (non-hydrogen) atoms. The van der Waals surface area contributed by atoms with Gasteiger partial charge in [-0.05, 0) is 37.5 Å². The Bertz CT molecular complexity index is 1160. The summed E-state index contributed by atoms with van der Waals surface area (Å²) in [5.74, 6) is -0.0217. The van der Waals surface area contributed by atoms with Crippen molar-refractivity contribution in [1.82, 2.24) is 19.8 Å². The van der Waals surface area contributed by atoms with E-state index < -0.39 is 10.4 Å². The van der Waals surface area contributed by atoms with Crippen LogP contribution in [0.25, 0.3) is 11.1 Å². The Morgan fingerprint density at radius 2 is 2.00 bits per heavy atom. The summed E-state index contributed by atoms with van der Waals surface area (Å²) in [5.41, 5.74) is 2.29. The molecule has 8 nitrogen and oxygen atoms in total. The van der Waals surface area contributed by atoms with Gasteiger partial charge in [-0.3, -0.25) is 4.79 Å². The van der Waals surface area contributed by atoms with Crippen LogP contribution in [0.1, 0.15) is 52.8 Å². The first-order valence-corrected chi connectivity index (χ1v) is 11.5. The molecule has 0 radical (unpaired) electrons. The molecule has 9 heteroatoms. The predicted octanol–water partition coefficient (Wildman–Crippen LogP) is 2.85. The predicted molar refractivity (Wildman–Crippen MR) is 110 cm³/mol. The molecule has 2 unspecified atom stereocenters. The second-order valence-corrected chi connectivity index (χ2v) is 9.80. The third-order valence-electron chi connectivity index (χ3n) is 5.88. The molecule has 1 N–H and O–H groups in total. The van der Waals surface area contributed by atoms with Crippen LogP contribution < -0.4 is 5.32 Å². The average molecular weight is 426 g/mol. The lowest BCUT2D eigenvalue weighted by atomic mass is 9.98. The number of carbonyl (C=O) groups excluding carboxylic acids is 1. The smallest absolute Gasteiger partial charge is 0.259 e. The van der Waals surface area contributed by atoms with Crippen molar-refractivity contribution in [3.05, 3.63) is 53.3 Å². The average Bonchev–Trinajstić information content (AvgIpc) is 3.34. The van der Waals surface area contributed by atoms with Crippen LogP contribution in [0.3, 0.4) is 0 Å². The van der Waals surface area contributed by atoms with Gasteiger partial charge in [0.15, 0.2) is 15.3 Å². The molecule has 2 aliphatic rings. The zero-order valence-corrected chi connectivity index (χ0v) is 17.4. The van der Waals surface area contributed by atoms with Gasteiger partial charge in [0, 0.05) is 31.1 Å². The van der Waals surface area contributed by atoms with E-state index >= 15 is 0 Å². The normalized spacial score (nSPS) is 21.6. The number of nitrogens with one attached hydrogen (secondary N) is 1. The maximum absolute atomic E-state index is 13.0. The Hall–Kier alpha value is -2.62. The minimum Gasteiger partial charge on any atom is -0.593 e. The van der Waals surface area contributed by atoms with Gasteiger partial charge >= 0.3 is 0 Å². The van der Waals surface area contributed by atoms with Crippen LogP contribution in [0.5, 0.6) is 0 Å². The van der Waals surface area contributed by atoms with E-state index in [1.54, 1.807) is 37.4 Å². The van der Waals surface area contributed by atoms with Crippen molar-refractivity contribution >= 4 is 27.4 Å². The summed E-state index contributed by atoms with van der Waals surface area (Å²) < 4.78 is 32.9. The molecule has 1 aliphatic carbocycles. The maximum Gasteiger partial charge on any atom is 0.259 e. The lowest BCUT2D eigenvalue weighted by Crippen LogP contribution is -2.34. The Labute approximate surface area is 175 Å². The summed E-state index contributed by atoms with van der Waals surface area (Å²) in [4.78, 5) is 17.4. The van der Waals surface area contributed by atoms with Gasteiger partial charge in [-0.15, -0.1) is 4.31 Å². The highest BCUT2D eigenvalue weighted by Gasteiger charge is 2.40. The third kappa shape index (κ3) is 3.23. The van der Waals surface area contributed by atoms with Crippen LogP contribution in [0, 0.1) is 0 Å². The number of hydrogen-bond donors (Lipinski definition) is 1.